The largest absolute Gasteiger partial charge is 0.339 e. The first kappa shape index (κ1) is 19.1. The fourth-order valence-electron chi connectivity index (χ4n) is 2.67. The van der Waals surface area contributed by atoms with E-state index in [9.17, 15) is 13.2 Å². The molecular formula is C19H24N2O3S. The minimum Gasteiger partial charge on any atom is -0.339 e. The van der Waals surface area contributed by atoms with Crippen LogP contribution in [0.5, 0.6) is 0 Å². The van der Waals surface area contributed by atoms with Crippen LogP contribution in [0.2, 0.25) is 0 Å². The average Bonchev–Trinajstić information content (AvgIpc) is 2.56. The van der Waals surface area contributed by atoms with Crippen molar-refractivity contribution in [3.8, 4) is 0 Å². The Hall–Kier alpha value is -2.18. The number of carbonyl (C=O) groups excluding carboxylic acids is 1. The molecule has 0 saturated heterocycles. The molecule has 0 bridgehead atoms. The van der Waals surface area contributed by atoms with E-state index in [1.807, 2.05) is 39.0 Å². The minimum absolute atomic E-state index is 0.0257. The van der Waals surface area contributed by atoms with Crippen molar-refractivity contribution in [1.29, 1.82) is 0 Å². The topological polar surface area (TPSA) is 80.5 Å². The highest BCUT2D eigenvalue weighted by Crippen LogP contribution is 2.22. The molecule has 0 saturated carbocycles. The molecule has 1 atom stereocenters. The van der Waals surface area contributed by atoms with Crippen LogP contribution in [0.3, 0.4) is 0 Å². The molecule has 0 spiro atoms. The molecule has 1 amide bonds. The SMILES string of the molecule is Cc1ccc(C)c(CC(=O)N(C)C(C)c2cccc(S(N)(=O)=O)c2)c1. The van der Waals surface area contributed by atoms with Gasteiger partial charge in [0.1, 0.15) is 0 Å². The van der Waals surface area contributed by atoms with E-state index < -0.39 is 10.0 Å². The van der Waals surface area contributed by atoms with Gasteiger partial charge in [0.15, 0.2) is 0 Å². The molecule has 134 valence electrons. The fourth-order valence-corrected chi connectivity index (χ4v) is 3.24. The monoisotopic (exact) mass is 360 g/mol. The first-order valence-corrected chi connectivity index (χ1v) is 9.59. The Labute approximate surface area is 149 Å². The smallest absolute Gasteiger partial charge is 0.238 e. The third-order valence-electron chi connectivity index (χ3n) is 4.49. The molecule has 1 unspecified atom stereocenters. The van der Waals surface area contributed by atoms with Crippen molar-refractivity contribution in [2.24, 2.45) is 5.14 Å². The second-order valence-corrected chi connectivity index (χ2v) is 7.97. The molecule has 0 fully saturated rings. The van der Waals surface area contributed by atoms with E-state index in [1.54, 1.807) is 24.1 Å². The molecule has 2 aromatic carbocycles. The highest BCUT2D eigenvalue weighted by Gasteiger charge is 2.20. The van der Waals surface area contributed by atoms with Crippen molar-refractivity contribution in [1.82, 2.24) is 4.90 Å². The fraction of sp³-hybridized carbons (Fsp3) is 0.316. The van der Waals surface area contributed by atoms with Gasteiger partial charge in [-0.25, -0.2) is 13.6 Å². The van der Waals surface area contributed by atoms with Crippen LogP contribution in [0, 0.1) is 13.8 Å². The lowest BCUT2D eigenvalue weighted by Crippen LogP contribution is -2.31. The molecule has 0 aliphatic heterocycles. The Morgan fingerprint density at radius 2 is 1.84 bits per heavy atom. The van der Waals surface area contributed by atoms with Crippen molar-refractivity contribution in [2.45, 2.75) is 38.1 Å². The van der Waals surface area contributed by atoms with E-state index in [1.165, 1.54) is 12.1 Å². The zero-order valence-corrected chi connectivity index (χ0v) is 15.8. The summed E-state index contributed by atoms with van der Waals surface area (Å²) in [6.45, 7) is 5.85. The van der Waals surface area contributed by atoms with E-state index in [4.69, 9.17) is 5.14 Å². The lowest BCUT2D eigenvalue weighted by molar-refractivity contribution is -0.131. The van der Waals surface area contributed by atoms with Gasteiger partial charge in [-0.3, -0.25) is 4.79 Å². The summed E-state index contributed by atoms with van der Waals surface area (Å²) in [6.07, 6.45) is 0.309. The van der Waals surface area contributed by atoms with E-state index in [2.05, 4.69) is 0 Å². The number of hydrogen-bond donors (Lipinski definition) is 1. The highest BCUT2D eigenvalue weighted by atomic mass is 32.2. The second kappa shape index (κ2) is 7.37. The van der Waals surface area contributed by atoms with Crippen LogP contribution in [0.4, 0.5) is 0 Å². The van der Waals surface area contributed by atoms with Crippen LogP contribution >= 0.6 is 0 Å². The highest BCUT2D eigenvalue weighted by molar-refractivity contribution is 7.89. The summed E-state index contributed by atoms with van der Waals surface area (Å²) in [5.74, 6) is -0.0257. The quantitative estimate of drug-likeness (QED) is 0.890. The number of nitrogens with two attached hydrogens (primary N) is 1. The predicted octanol–water partition coefficient (Wildman–Crippen LogP) is 2.71. The molecule has 25 heavy (non-hydrogen) atoms. The van der Waals surface area contributed by atoms with Gasteiger partial charge in [0.05, 0.1) is 17.4 Å². The number of aryl methyl sites for hydroxylation is 2. The van der Waals surface area contributed by atoms with Crippen LogP contribution < -0.4 is 5.14 Å². The van der Waals surface area contributed by atoms with Crippen LogP contribution in [-0.2, 0) is 21.2 Å². The number of sulfonamides is 1. The Morgan fingerprint density at radius 1 is 1.16 bits per heavy atom. The maximum Gasteiger partial charge on any atom is 0.238 e. The van der Waals surface area contributed by atoms with Crippen molar-refractivity contribution in [3.05, 3.63) is 64.7 Å². The number of benzene rings is 2. The van der Waals surface area contributed by atoms with E-state index in [0.29, 0.717) is 6.42 Å². The summed E-state index contributed by atoms with van der Waals surface area (Å²) in [5.41, 5.74) is 3.92. The van der Waals surface area contributed by atoms with Crippen molar-refractivity contribution in [3.63, 3.8) is 0 Å². The van der Waals surface area contributed by atoms with E-state index in [0.717, 1.165) is 22.3 Å². The second-order valence-electron chi connectivity index (χ2n) is 6.40. The summed E-state index contributed by atoms with van der Waals surface area (Å²) in [6, 6.07) is 12.2. The van der Waals surface area contributed by atoms with Crippen LogP contribution in [0.15, 0.2) is 47.4 Å². The normalized spacial score (nSPS) is 12.7. The third kappa shape index (κ3) is 4.67. The average molecular weight is 360 g/mol. The molecule has 0 aliphatic rings. The Kier molecular flexibility index (Phi) is 5.65. The van der Waals surface area contributed by atoms with Gasteiger partial charge in [-0.05, 0) is 49.6 Å². The van der Waals surface area contributed by atoms with Gasteiger partial charge in [0, 0.05) is 7.05 Å². The number of primary sulfonamides is 1. The summed E-state index contributed by atoms with van der Waals surface area (Å²) in [5, 5.41) is 5.19. The maximum atomic E-state index is 12.7. The predicted molar refractivity (Wildman–Crippen MR) is 98.6 cm³/mol. The van der Waals surface area contributed by atoms with Gasteiger partial charge in [0.2, 0.25) is 15.9 Å². The summed E-state index contributed by atoms with van der Waals surface area (Å²) in [7, 11) is -2.04. The third-order valence-corrected chi connectivity index (χ3v) is 5.40. The molecule has 2 rings (SSSR count). The number of likely N-dealkylation sites (N-methyl/N-ethyl adjacent to an activating group) is 1. The number of amides is 1. The molecule has 2 aromatic rings. The summed E-state index contributed by atoms with van der Waals surface area (Å²) < 4.78 is 23.0. The van der Waals surface area contributed by atoms with Gasteiger partial charge in [0.25, 0.3) is 0 Å². The molecule has 2 N–H and O–H groups in total. The Morgan fingerprint density at radius 3 is 2.48 bits per heavy atom. The minimum atomic E-state index is -3.77. The first-order chi connectivity index (χ1) is 11.6. The zero-order valence-electron chi connectivity index (χ0n) is 15.0. The first-order valence-electron chi connectivity index (χ1n) is 8.04. The van der Waals surface area contributed by atoms with Gasteiger partial charge in [-0.2, -0.15) is 0 Å². The number of rotatable bonds is 5. The molecule has 5 nitrogen and oxygen atoms in total. The number of nitrogens with zero attached hydrogens (tertiary/aromatic N) is 1. The van der Waals surface area contributed by atoms with Crippen molar-refractivity contribution in [2.75, 3.05) is 7.05 Å². The van der Waals surface area contributed by atoms with Gasteiger partial charge in [-0.1, -0.05) is 35.9 Å². The van der Waals surface area contributed by atoms with Crippen molar-refractivity contribution < 1.29 is 13.2 Å². The molecule has 6 heteroatoms. The maximum absolute atomic E-state index is 12.7. The van der Waals surface area contributed by atoms with Crippen molar-refractivity contribution >= 4 is 15.9 Å². The van der Waals surface area contributed by atoms with Gasteiger partial charge in [-0.15, -0.1) is 0 Å². The van der Waals surface area contributed by atoms with E-state index >= 15 is 0 Å². The van der Waals surface area contributed by atoms with E-state index in [-0.39, 0.29) is 16.8 Å². The molecule has 0 aromatic heterocycles. The Balaban J connectivity index is 2.20. The molecule has 0 radical (unpaired) electrons. The zero-order chi connectivity index (χ0) is 18.8. The lowest BCUT2D eigenvalue weighted by Gasteiger charge is -2.26. The molecule has 0 aliphatic carbocycles. The van der Waals surface area contributed by atoms with Gasteiger partial charge < -0.3 is 4.90 Å². The molecule has 0 heterocycles. The van der Waals surface area contributed by atoms with Crippen LogP contribution in [0.25, 0.3) is 0 Å². The van der Waals surface area contributed by atoms with Gasteiger partial charge >= 0.3 is 0 Å². The summed E-state index contributed by atoms with van der Waals surface area (Å²) >= 11 is 0. The Bertz CT molecular complexity index is 891. The molecular weight excluding hydrogens is 336 g/mol. The number of carbonyl (C=O) groups is 1. The standard InChI is InChI=1S/C19H24N2O3S/c1-13-8-9-14(2)17(10-13)12-19(22)21(4)15(3)16-6-5-7-18(11-16)25(20,23)24/h5-11,15H,12H2,1-4H3,(H2,20,23,24). The lowest BCUT2D eigenvalue weighted by atomic mass is 10.0. The van der Waals surface area contributed by atoms with Crippen LogP contribution in [-0.4, -0.2) is 26.3 Å². The van der Waals surface area contributed by atoms with Crippen LogP contribution in [0.1, 0.15) is 35.2 Å². The summed E-state index contributed by atoms with van der Waals surface area (Å²) in [4.78, 5) is 14.3. The number of hydrogen-bond acceptors (Lipinski definition) is 3.